The molecule has 0 fully saturated rings. The van der Waals surface area contributed by atoms with Gasteiger partial charge in [-0.25, -0.2) is 4.39 Å². The fourth-order valence-electron chi connectivity index (χ4n) is 1.04. The van der Waals surface area contributed by atoms with Gasteiger partial charge in [-0.1, -0.05) is 19.8 Å². The number of furan rings is 1. The molecule has 0 aliphatic rings. The summed E-state index contributed by atoms with van der Waals surface area (Å²) in [6.07, 6.45) is 3.86. The first-order valence-corrected chi connectivity index (χ1v) is 4.30. The summed E-state index contributed by atoms with van der Waals surface area (Å²) in [4.78, 5) is 11.3. The van der Waals surface area contributed by atoms with Crippen molar-refractivity contribution in [3.63, 3.8) is 0 Å². The zero-order valence-electron chi connectivity index (χ0n) is 7.38. The van der Waals surface area contributed by atoms with Crippen LogP contribution in [0.3, 0.4) is 0 Å². The second-order valence-electron chi connectivity index (χ2n) is 2.86. The molecule has 0 bridgehead atoms. The molecular formula is C10H12FO2. The number of ketones is 1. The molecule has 0 aromatic carbocycles. The van der Waals surface area contributed by atoms with Gasteiger partial charge in [0.1, 0.15) is 6.26 Å². The molecule has 0 unspecified atom stereocenters. The second-order valence-corrected chi connectivity index (χ2v) is 2.86. The van der Waals surface area contributed by atoms with Gasteiger partial charge in [0.25, 0.3) is 0 Å². The fraction of sp³-hybridized carbons (Fsp3) is 0.400. The van der Waals surface area contributed by atoms with Crippen LogP contribution in [0.25, 0.3) is 0 Å². The van der Waals surface area contributed by atoms with Crippen molar-refractivity contribution in [1.82, 2.24) is 0 Å². The Kier molecular flexibility index (Phi) is 3.68. The van der Waals surface area contributed by atoms with Gasteiger partial charge in [-0.2, -0.15) is 0 Å². The summed E-state index contributed by atoms with van der Waals surface area (Å²) in [6.45, 7) is 3.66. The molecule has 0 saturated carbocycles. The molecule has 1 heterocycles. The lowest BCUT2D eigenvalue weighted by Gasteiger charge is -1.95. The van der Waals surface area contributed by atoms with Gasteiger partial charge < -0.3 is 4.42 Å². The minimum absolute atomic E-state index is 0.113. The maximum Gasteiger partial charge on any atom is 0.198 e. The van der Waals surface area contributed by atoms with Crippen LogP contribution in [0.5, 0.6) is 0 Å². The zero-order valence-corrected chi connectivity index (χ0v) is 7.38. The van der Waals surface area contributed by atoms with Crippen LogP contribution in [0, 0.1) is 12.7 Å². The van der Waals surface area contributed by atoms with E-state index in [1.165, 1.54) is 0 Å². The van der Waals surface area contributed by atoms with Crippen molar-refractivity contribution in [1.29, 1.82) is 0 Å². The molecule has 1 aromatic heterocycles. The number of carbonyl (C=O) groups is 1. The number of Topliss-reactive ketones (excluding diaryl/α,β-unsaturated/α-hetero) is 1. The molecule has 0 aliphatic carbocycles. The van der Waals surface area contributed by atoms with Crippen LogP contribution in [0.4, 0.5) is 4.39 Å². The highest BCUT2D eigenvalue weighted by molar-refractivity contribution is 5.93. The maximum atomic E-state index is 12.4. The Balaban J connectivity index is 2.40. The van der Waals surface area contributed by atoms with Crippen LogP contribution in [0.15, 0.2) is 16.7 Å². The molecule has 3 heteroatoms. The third-order valence-electron chi connectivity index (χ3n) is 1.75. The summed E-state index contributed by atoms with van der Waals surface area (Å²) < 4.78 is 17.1. The summed E-state index contributed by atoms with van der Waals surface area (Å²) >= 11 is 0. The minimum Gasteiger partial charge on any atom is -0.458 e. The van der Waals surface area contributed by atoms with Gasteiger partial charge in [0.05, 0.1) is 0 Å². The van der Waals surface area contributed by atoms with Crippen LogP contribution in [-0.2, 0) is 0 Å². The van der Waals surface area contributed by atoms with Crippen molar-refractivity contribution in [3.8, 4) is 0 Å². The van der Waals surface area contributed by atoms with Gasteiger partial charge in [0.15, 0.2) is 17.4 Å². The van der Waals surface area contributed by atoms with Crippen molar-refractivity contribution in [3.05, 3.63) is 30.8 Å². The normalized spacial score (nSPS) is 10.3. The monoisotopic (exact) mass is 183 g/mol. The van der Waals surface area contributed by atoms with E-state index >= 15 is 0 Å². The van der Waals surface area contributed by atoms with E-state index in [0.717, 1.165) is 31.6 Å². The molecule has 0 atom stereocenters. The lowest BCUT2D eigenvalue weighted by atomic mass is 10.1. The number of hydrogen-bond donors (Lipinski definition) is 0. The molecule has 0 aliphatic heterocycles. The summed E-state index contributed by atoms with van der Waals surface area (Å²) in [5.74, 6) is -0.528. The smallest absolute Gasteiger partial charge is 0.198 e. The van der Waals surface area contributed by atoms with Gasteiger partial charge >= 0.3 is 0 Å². The van der Waals surface area contributed by atoms with E-state index in [0.29, 0.717) is 6.42 Å². The Morgan fingerprint density at radius 1 is 1.54 bits per heavy atom. The van der Waals surface area contributed by atoms with Crippen molar-refractivity contribution < 1.29 is 13.6 Å². The first-order chi connectivity index (χ1) is 6.24. The standard InChI is InChI=1S/C10H12FO2/c1-2-3-4-5-9(12)10-6-8(11)7-13-10/h6-7H,1-5H2. The number of carbonyl (C=O) groups excluding carboxylic acids is 1. The van der Waals surface area contributed by atoms with Crippen LogP contribution < -0.4 is 0 Å². The van der Waals surface area contributed by atoms with Crippen molar-refractivity contribution in [2.24, 2.45) is 0 Å². The van der Waals surface area contributed by atoms with Crippen molar-refractivity contribution in [2.75, 3.05) is 0 Å². The third kappa shape index (κ3) is 3.01. The first kappa shape index (κ1) is 9.96. The predicted octanol–water partition coefficient (Wildman–Crippen LogP) is 3.00. The van der Waals surface area contributed by atoms with E-state index in [9.17, 15) is 9.18 Å². The van der Waals surface area contributed by atoms with Gasteiger partial charge in [-0.15, -0.1) is 0 Å². The number of halogens is 1. The first-order valence-electron chi connectivity index (χ1n) is 4.30. The van der Waals surface area contributed by atoms with E-state index in [-0.39, 0.29) is 11.5 Å². The Labute approximate surface area is 76.7 Å². The van der Waals surface area contributed by atoms with Gasteiger partial charge in [-0.05, 0) is 6.42 Å². The molecule has 0 N–H and O–H groups in total. The highest BCUT2D eigenvalue weighted by atomic mass is 19.1. The Hall–Kier alpha value is -1.12. The largest absolute Gasteiger partial charge is 0.458 e. The van der Waals surface area contributed by atoms with E-state index < -0.39 is 5.82 Å². The van der Waals surface area contributed by atoms with E-state index in [1.807, 2.05) is 0 Å². The van der Waals surface area contributed by atoms with Crippen LogP contribution in [-0.4, -0.2) is 5.78 Å². The molecule has 13 heavy (non-hydrogen) atoms. The van der Waals surface area contributed by atoms with Crippen LogP contribution in [0.2, 0.25) is 0 Å². The molecule has 0 amide bonds. The van der Waals surface area contributed by atoms with E-state index in [2.05, 4.69) is 6.92 Å². The summed E-state index contributed by atoms with van der Waals surface area (Å²) in [5, 5.41) is 0. The molecule has 71 valence electrons. The Morgan fingerprint density at radius 3 is 2.85 bits per heavy atom. The minimum atomic E-state index is -0.500. The highest BCUT2D eigenvalue weighted by Gasteiger charge is 2.10. The molecule has 1 rings (SSSR count). The molecule has 1 radical (unpaired) electrons. The topological polar surface area (TPSA) is 30.2 Å². The molecule has 1 aromatic rings. The van der Waals surface area contributed by atoms with Gasteiger partial charge in [-0.3, -0.25) is 4.79 Å². The quantitative estimate of drug-likeness (QED) is 0.519. The third-order valence-corrected chi connectivity index (χ3v) is 1.75. The number of hydrogen-bond acceptors (Lipinski definition) is 2. The van der Waals surface area contributed by atoms with Gasteiger partial charge in [0.2, 0.25) is 0 Å². The SMILES string of the molecule is [CH2]CCCCC(=O)c1cc(F)co1. The van der Waals surface area contributed by atoms with Gasteiger partial charge in [0, 0.05) is 12.5 Å². The Bertz CT molecular complexity index is 278. The molecule has 0 saturated heterocycles. The molecular weight excluding hydrogens is 171 g/mol. The zero-order chi connectivity index (χ0) is 9.68. The average Bonchev–Trinajstić information content (AvgIpc) is 2.52. The second kappa shape index (κ2) is 4.80. The number of unbranched alkanes of at least 4 members (excludes halogenated alkanes) is 2. The summed E-state index contributed by atoms with van der Waals surface area (Å²) in [7, 11) is 0. The lowest BCUT2D eigenvalue weighted by Crippen LogP contribution is -1.96. The highest BCUT2D eigenvalue weighted by Crippen LogP contribution is 2.10. The van der Waals surface area contributed by atoms with Crippen molar-refractivity contribution in [2.45, 2.75) is 25.7 Å². The summed E-state index contributed by atoms with van der Waals surface area (Å²) in [5.41, 5.74) is 0. The fourth-order valence-corrected chi connectivity index (χ4v) is 1.04. The average molecular weight is 183 g/mol. The van der Waals surface area contributed by atoms with Crippen molar-refractivity contribution >= 4 is 5.78 Å². The molecule has 0 spiro atoms. The predicted molar refractivity (Wildman–Crippen MR) is 46.8 cm³/mol. The molecule has 2 nitrogen and oxygen atoms in total. The summed E-state index contributed by atoms with van der Waals surface area (Å²) in [6, 6.07) is 1.12. The lowest BCUT2D eigenvalue weighted by molar-refractivity contribution is 0.0952. The number of rotatable bonds is 5. The Morgan fingerprint density at radius 2 is 2.31 bits per heavy atom. The maximum absolute atomic E-state index is 12.4. The van der Waals surface area contributed by atoms with Crippen LogP contribution >= 0.6 is 0 Å². The van der Waals surface area contributed by atoms with E-state index in [4.69, 9.17) is 4.42 Å². The van der Waals surface area contributed by atoms with Crippen LogP contribution in [0.1, 0.15) is 36.2 Å². The van der Waals surface area contributed by atoms with E-state index in [1.54, 1.807) is 0 Å².